The average Bonchev–Trinajstić information content (AvgIpc) is 2.33. The van der Waals surface area contributed by atoms with Crippen molar-refractivity contribution in [1.82, 2.24) is 4.90 Å². The Morgan fingerprint density at radius 1 is 1.18 bits per heavy atom. The molecule has 1 aromatic rings. The molecule has 1 aliphatic heterocycles. The molecule has 0 bridgehead atoms. The van der Waals surface area contributed by atoms with E-state index in [1.54, 1.807) is 0 Å². The molecule has 1 fully saturated rings. The normalized spacial score (nSPS) is 30.5. The summed E-state index contributed by atoms with van der Waals surface area (Å²) in [5.74, 6) is 0.573. The van der Waals surface area contributed by atoms with Crippen molar-refractivity contribution in [3.05, 3.63) is 35.9 Å². The van der Waals surface area contributed by atoms with Gasteiger partial charge in [0.2, 0.25) is 0 Å². The summed E-state index contributed by atoms with van der Waals surface area (Å²) in [6.07, 6.45) is 0.693. The Kier molecular flexibility index (Phi) is 3.63. The van der Waals surface area contributed by atoms with Crippen molar-refractivity contribution >= 4 is 5.78 Å². The smallest absolute Gasteiger partial charge is 0.138 e. The van der Waals surface area contributed by atoms with Crippen LogP contribution in [0.25, 0.3) is 0 Å². The van der Waals surface area contributed by atoms with Crippen LogP contribution in [0, 0.1) is 5.92 Å². The van der Waals surface area contributed by atoms with Gasteiger partial charge in [-0.3, -0.25) is 9.69 Å². The van der Waals surface area contributed by atoms with E-state index in [0.29, 0.717) is 24.3 Å². The maximum absolute atomic E-state index is 11.8. The molecule has 92 valence electrons. The molecule has 1 saturated heterocycles. The molecule has 0 N–H and O–H groups in total. The van der Waals surface area contributed by atoms with Gasteiger partial charge in [-0.1, -0.05) is 37.3 Å². The lowest BCUT2D eigenvalue weighted by atomic mass is 9.86. The van der Waals surface area contributed by atoms with Crippen LogP contribution in [0.1, 0.15) is 32.8 Å². The van der Waals surface area contributed by atoms with Gasteiger partial charge in [0.1, 0.15) is 5.78 Å². The molecule has 1 aromatic carbocycles. The van der Waals surface area contributed by atoms with Crippen LogP contribution in [-0.2, 0) is 11.3 Å². The average molecular weight is 231 g/mol. The lowest BCUT2D eigenvalue weighted by Gasteiger charge is -2.41. The molecular formula is C15H21NO. The summed E-state index contributed by atoms with van der Waals surface area (Å²) in [6.45, 7) is 7.32. The monoisotopic (exact) mass is 231 g/mol. The fourth-order valence-corrected chi connectivity index (χ4v) is 2.65. The first kappa shape index (κ1) is 12.3. The first-order valence-corrected chi connectivity index (χ1v) is 6.42. The lowest BCUT2D eigenvalue weighted by Crippen LogP contribution is -2.51. The van der Waals surface area contributed by atoms with Crippen LogP contribution >= 0.6 is 0 Å². The maximum Gasteiger partial charge on any atom is 0.138 e. The quantitative estimate of drug-likeness (QED) is 0.780. The van der Waals surface area contributed by atoms with Gasteiger partial charge in [-0.2, -0.15) is 0 Å². The predicted octanol–water partition coefficient (Wildman–Crippen LogP) is 2.87. The largest absolute Gasteiger partial charge is 0.299 e. The Labute approximate surface area is 104 Å². The third-order valence-corrected chi connectivity index (χ3v) is 4.03. The fraction of sp³-hybridized carbons (Fsp3) is 0.533. The number of carbonyl (C=O) groups is 1. The van der Waals surface area contributed by atoms with Crippen molar-refractivity contribution in [2.75, 3.05) is 0 Å². The van der Waals surface area contributed by atoms with E-state index in [9.17, 15) is 4.79 Å². The second-order valence-corrected chi connectivity index (χ2v) is 5.21. The molecule has 0 spiro atoms. The number of rotatable bonds is 2. The first-order chi connectivity index (χ1) is 8.09. The van der Waals surface area contributed by atoms with Crippen LogP contribution in [0.3, 0.4) is 0 Å². The number of likely N-dealkylation sites (tertiary alicyclic amines) is 1. The molecule has 1 heterocycles. The van der Waals surface area contributed by atoms with E-state index in [4.69, 9.17) is 0 Å². The summed E-state index contributed by atoms with van der Waals surface area (Å²) in [4.78, 5) is 14.2. The molecule has 2 nitrogen and oxygen atoms in total. The van der Waals surface area contributed by atoms with E-state index in [-0.39, 0.29) is 5.92 Å². The molecule has 2 rings (SSSR count). The van der Waals surface area contributed by atoms with Crippen LogP contribution in [0.2, 0.25) is 0 Å². The van der Waals surface area contributed by atoms with Gasteiger partial charge < -0.3 is 0 Å². The van der Waals surface area contributed by atoms with Gasteiger partial charge in [0, 0.05) is 31.0 Å². The van der Waals surface area contributed by atoms with Gasteiger partial charge >= 0.3 is 0 Å². The van der Waals surface area contributed by atoms with E-state index in [0.717, 1.165) is 6.54 Å². The molecule has 0 amide bonds. The summed E-state index contributed by atoms with van der Waals surface area (Å²) in [6, 6.07) is 11.2. The lowest BCUT2D eigenvalue weighted by molar-refractivity contribution is -0.130. The van der Waals surface area contributed by atoms with Crippen molar-refractivity contribution < 1.29 is 4.79 Å². The standard InChI is InChI=1S/C15H21NO/c1-11-9-15(17)12(2)13(3)16(11)10-14-7-5-4-6-8-14/h4-8,11-13H,9-10H2,1-3H3/t11-,12-,13+/m0/s1. The number of benzene rings is 1. The summed E-state index contributed by atoms with van der Waals surface area (Å²) < 4.78 is 0. The van der Waals surface area contributed by atoms with E-state index in [1.165, 1.54) is 5.56 Å². The molecule has 1 aliphatic rings. The first-order valence-electron chi connectivity index (χ1n) is 6.42. The van der Waals surface area contributed by atoms with E-state index < -0.39 is 0 Å². The third kappa shape index (κ3) is 2.58. The summed E-state index contributed by atoms with van der Waals surface area (Å²) in [7, 11) is 0. The zero-order chi connectivity index (χ0) is 12.4. The van der Waals surface area contributed by atoms with E-state index in [2.05, 4.69) is 49.9 Å². The maximum atomic E-state index is 11.8. The van der Waals surface area contributed by atoms with Crippen LogP contribution in [0.4, 0.5) is 0 Å². The Balaban J connectivity index is 2.12. The second kappa shape index (κ2) is 5.01. The summed E-state index contributed by atoms with van der Waals surface area (Å²) in [5.41, 5.74) is 1.33. The minimum Gasteiger partial charge on any atom is -0.299 e. The van der Waals surface area contributed by atoms with Gasteiger partial charge in [0.05, 0.1) is 0 Å². The highest BCUT2D eigenvalue weighted by molar-refractivity contribution is 5.82. The van der Waals surface area contributed by atoms with Crippen molar-refractivity contribution in [2.24, 2.45) is 5.92 Å². The minimum absolute atomic E-state index is 0.162. The van der Waals surface area contributed by atoms with Gasteiger partial charge in [-0.15, -0.1) is 0 Å². The van der Waals surface area contributed by atoms with E-state index in [1.807, 2.05) is 6.07 Å². The van der Waals surface area contributed by atoms with Gasteiger partial charge in [-0.25, -0.2) is 0 Å². The van der Waals surface area contributed by atoms with Crippen molar-refractivity contribution in [3.8, 4) is 0 Å². The van der Waals surface area contributed by atoms with Crippen LogP contribution in [0.5, 0.6) is 0 Å². The fourth-order valence-electron chi connectivity index (χ4n) is 2.65. The zero-order valence-corrected chi connectivity index (χ0v) is 10.9. The minimum atomic E-state index is 0.162. The van der Waals surface area contributed by atoms with Crippen molar-refractivity contribution in [3.63, 3.8) is 0 Å². The highest BCUT2D eigenvalue weighted by atomic mass is 16.1. The Morgan fingerprint density at radius 3 is 2.47 bits per heavy atom. The highest BCUT2D eigenvalue weighted by Crippen LogP contribution is 2.26. The molecular weight excluding hydrogens is 210 g/mol. The molecule has 0 aliphatic carbocycles. The number of hydrogen-bond acceptors (Lipinski definition) is 2. The number of Topliss-reactive ketones (excluding diaryl/α,β-unsaturated/α-hetero) is 1. The zero-order valence-electron chi connectivity index (χ0n) is 10.9. The summed E-state index contributed by atoms with van der Waals surface area (Å²) in [5, 5.41) is 0. The van der Waals surface area contributed by atoms with Crippen LogP contribution in [-0.4, -0.2) is 22.8 Å². The molecule has 0 unspecified atom stereocenters. The van der Waals surface area contributed by atoms with Crippen LogP contribution < -0.4 is 0 Å². The van der Waals surface area contributed by atoms with Gasteiger partial charge in [0.15, 0.2) is 0 Å². The number of carbonyl (C=O) groups excluding carboxylic acids is 1. The molecule has 0 saturated carbocycles. The predicted molar refractivity (Wildman–Crippen MR) is 69.7 cm³/mol. The topological polar surface area (TPSA) is 20.3 Å². The molecule has 0 radical (unpaired) electrons. The highest BCUT2D eigenvalue weighted by Gasteiger charge is 2.35. The molecule has 2 heteroatoms. The Bertz CT molecular complexity index is 387. The van der Waals surface area contributed by atoms with Crippen molar-refractivity contribution in [1.29, 1.82) is 0 Å². The SMILES string of the molecule is C[C@@H]1C(=O)C[C@H](C)N(Cc2ccccc2)[C@@H]1C. The Hall–Kier alpha value is -1.15. The van der Waals surface area contributed by atoms with Crippen molar-refractivity contribution in [2.45, 2.75) is 45.8 Å². The van der Waals surface area contributed by atoms with E-state index >= 15 is 0 Å². The number of ketones is 1. The number of nitrogens with zero attached hydrogens (tertiary/aromatic N) is 1. The second-order valence-electron chi connectivity index (χ2n) is 5.21. The van der Waals surface area contributed by atoms with Gasteiger partial charge in [-0.05, 0) is 19.4 Å². The summed E-state index contributed by atoms with van der Waals surface area (Å²) >= 11 is 0. The molecule has 0 aromatic heterocycles. The van der Waals surface area contributed by atoms with Crippen LogP contribution in [0.15, 0.2) is 30.3 Å². The third-order valence-electron chi connectivity index (χ3n) is 4.03. The Morgan fingerprint density at radius 2 is 1.82 bits per heavy atom. The number of piperidine rings is 1. The molecule has 17 heavy (non-hydrogen) atoms. The number of hydrogen-bond donors (Lipinski definition) is 0. The molecule has 3 atom stereocenters. The van der Waals surface area contributed by atoms with Gasteiger partial charge in [0.25, 0.3) is 0 Å².